The lowest BCUT2D eigenvalue weighted by molar-refractivity contribution is 0.0736. The molecular weight excluding hydrogens is 248 g/mol. The molecule has 2 heterocycles. The highest BCUT2D eigenvalue weighted by Gasteiger charge is 2.37. The molecule has 1 aromatic rings. The zero-order valence-electron chi connectivity index (χ0n) is 13.0. The van der Waals surface area contributed by atoms with Crippen molar-refractivity contribution in [2.75, 3.05) is 13.1 Å². The van der Waals surface area contributed by atoms with Crippen LogP contribution in [0.4, 0.5) is 0 Å². The summed E-state index contributed by atoms with van der Waals surface area (Å²) in [5.74, 6) is 4.52. The maximum absolute atomic E-state index is 6.14. The summed E-state index contributed by atoms with van der Waals surface area (Å²) in [4.78, 5) is 2.54. The molecule has 1 aliphatic heterocycles. The Labute approximate surface area is 122 Å². The van der Waals surface area contributed by atoms with Crippen LogP contribution in [0, 0.1) is 11.8 Å². The van der Waals surface area contributed by atoms with Gasteiger partial charge in [0, 0.05) is 18.5 Å². The smallest absolute Gasteiger partial charge is 0.122 e. The van der Waals surface area contributed by atoms with Gasteiger partial charge in [-0.15, -0.1) is 0 Å². The highest BCUT2D eigenvalue weighted by atomic mass is 16.3. The van der Waals surface area contributed by atoms with E-state index < -0.39 is 0 Å². The molecule has 20 heavy (non-hydrogen) atoms. The molecule has 2 N–H and O–H groups in total. The summed E-state index contributed by atoms with van der Waals surface area (Å²) in [6.45, 7) is 8.75. The molecular formula is C17H28N2O. The largest absolute Gasteiger partial charge is 0.464 e. The average Bonchev–Trinajstić information content (AvgIpc) is 2.96. The number of furan rings is 1. The molecule has 0 amide bonds. The second-order valence-corrected chi connectivity index (χ2v) is 7.03. The molecule has 3 rings (SSSR count). The Kier molecular flexibility index (Phi) is 3.91. The van der Waals surface area contributed by atoms with Crippen LogP contribution in [0.1, 0.15) is 63.5 Å². The molecule has 1 saturated heterocycles. The molecule has 0 radical (unpaired) electrons. The van der Waals surface area contributed by atoms with E-state index in [2.05, 4.69) is 37.8 Å². The van der Waals surface area contributed by atoms with Crippen LogP contribution in [0.5, 0.6) is 0 Å². The SMILES string of the molecule is CC1CCN(C(CN)c2ccc(C3CC3C)o2)C(C)C1. The molecule has 2 aliphatic rings. The van der Waals surface area contributed by atoms with E-state index in [0.717, 1.165) is 24.1 Å². The van der Waals surface area contributed by atoms with Crippen molar-refractivity contribution in [3.05, 3.63) is 23.7 Å². The van der Waals surface area contributed by atoms with Gasteiger partial charge in [-0.25, -0.2) is 0 Å². The molecule has 1 saturated carbocycles. The lowest BCUT2D eigenvalue weighted by Crippen LogP contribution is -2.44. The second kappa shape index (κ2) is 5.53. The highest BCUT2D eigenvalue weighted by Crippen LogP contribution is 2.48. The number of hydrogen-bond acceptors (Lipinski definition) is 3. The zero-order valence-corrected chi connectivity index (χ0v) is 13.0. The number of nitrogens with zero attached hydrogens (tertiary/aromatic N) is 1. The van der Waals surface area contributed by atoms with E-state index in [9.17, 15) is 0 Å². The van der Waals surface area contributed by atoms with Crippen LogP contribution in [-0.2, 0) is 0 Å². The molecule has 0 bridgehead atoms. The number of hydrogen-bond donors (Lipinski definition) is 1. The van der Waals surface area contributed by atoms with Crippen molar-refractivity contribution in [2.24, 2.45) is 17.6 Å². The van der Waals surface area contributed by atoms with Gasteiger partial charge in [0.25, 0.3) is 0 Å². The molecule has 3 nitrogen and oxygen atoms in total. The van der Waals surface area contributed by atoms with E-state index in [0.29, 0.717) is 18.5 Å². The normalized spacial score (nSPS) is 36.0. The quantitative estimate of drug-likeness (QED) is 0.915. The molecule has 2 fully saturated rings. The van der Waals surface area contributed by atoms with Gasteiger partial charge in [-0.05, 0) is 56.7 Å². The van der Waals surface area contributed by atoms with Crippen molar-refractivity contribution >= 4 is 0 Å². The number of nitrogens with two attached hydrogens (primary N) is 1. The van der Waals surface area contributed by atoms with E-state index >= 15 is 0 Å². The van der Waals surface area contributed by atoms with E-state index in [1.807, 2.05) is 0 Å². The fourth-order valence-electron chi connectivity index (χ4n) is 3.77. The summed E-state index contributed by atoms with van der Waals surface area (Å²) in [5, 5.41) is 0. The van der Waals surface area contributed by atoms with Gasteiger partial charge in [-0.3, -0.25) is 4.90 Å². The van der Waals surface area contributed by atoms with E-state index in [4.69, 9.17) is 10.2 Å². The Bertz CT molecular complexity index is 456. The minimum Gasteiger partial charge on any atom is -0.464 e. The Hall–Kier alpha value is -0.800. The van der Waals surface area contributed by atoms with Crippen molar-refractivity contribution in [1.82, 2.24) is 4.90 Å². The predicted molar refractivity (Wildman–Crippen MR) is 81.6 cm³/mol. The summed E-state index contributed by atoms with van der Waals surface area (Å²) in [6, 6.07) is 5.17. The first-order valence-corrected chi connectivity index (χ1v) is 8.15. The van der Waals surface area contributed by atoms with Gasteiger partial charge in [-0.2, -0.15) is 0 Å². The van der Waals surface area contributed by atoms with Crippen LogP contribution in [0.3, 0.4) is 0 Å². The summed E-state index contributed by atoms with van der Waals surface area (Å²) < 4.78 is 6.14. The van der Waals surface area contributed by atoms with E-state index in [1.54, 1.807) is 0 Å². The van der Waals surface area contributed by atoms with Crippen LogP contribution < -0.4 is 5.73 Å². The van der Waals surface area contributed by atoms with Gasteiger partial charge < -0.3 is 10.2 Å². The van der Waals surface area contributed by atoms with Crippen LogP contribution in [0.25, 0.3) is 0 Å². The third-order valence-corrected chi connectivity index (χ3v) is 5.26. The standard InChI is InChI=1S/C17H28N2O/c1-11-6-7-19(13(3)8-11)15(10-18)17-5-4-16(20-17)14-9-12(14)2/h4-5,11-15H,6-10,18H2,1-3H3. The van der Waals surface area contributed by atoms with Crippen molar-refractivity contribution in [2.45, 2.75) is 58.0 Å². The first-order chi connectivity index (χ1) is 9.60. The Morgan fingerprint density at radius 3 is 2.65 bits per heavy atom. The fraction of sp³-hybridized carbons (Fsp3) is 0.765. The summed E-state index contributed by atoms with van der Waals surface area (Å²) in [7, 11) is 0. The molecule has 3 heteroatoms. The first kappa shape index (κ1) is 14.2. The summed E-state index contributed by atoms with van der Waals surface area (Å²) in [6.07, 6.45) is 3.82. The molecule has 5 unspecified atom stereocenters. The fourth-order valence-corrected chi connectivity index (χ4v) is 3.77. The highest BCUT2D eigenvalue weighted by molar-refractivity contribution is 5.19. The predicted octanol–water partition coefficient (Wildman–Crippen LogP) is 3.52. The van der Waals surface area contributed by atoms with Gasteiger partial charge in [0.1, 0.15) is 11.5 Å². The van der Waals surface area contributed by atoms with Crippen molar-refractivity contribution in [1.29, 1.82) is 0 Å². The first-order valence-electron chi connectivity index (χ1n) is 8.15. The number of piperidine rings is 1. The molecule has 1 aromatic heterocycles. The van der Waals surface area contributed by atoms with E-state index in [-0.39, 0.29) is 6.04 Å². The lowest BCUT2D eigenvalue weighted by Gasteiger charge is -2.40. The summed E-state index contributed by atoms with van der Waals surface area (Å²) in [5.41, 5.74) is 6.06. The van der Waals surface area contributed by atoms with Crippen molar-refractivity contribution in [3.8, 4) is 0 Å². The maximum atomic E-state index is 6.14. The van der Waals surface area contributed by atoms with Crippen LogP contribution in [0.2, 0.25) is 0 Å². The Balaban J connectivity index is 1.74. The second-order valence-electron chi connectivity index (χ2n) is 7.03. The third kappa shape index (κ3) is 2.66. The van der Waals surface area contributed by atoms with Crippen LogP contribution >= 0.6 is 0 Å². The maximum Gasteiger partial charge on any atom is 0.122 e. The third-order valence-electron chi connectivity index (χ3n) is 5.26. The van der Waals surface area contributed by atoms with Crippen LogP contribution in [-0.4, -0.2) is 24.0 Å². The monoisotopic (exact) mass is 276 g/mol. The van der Waals surface area contributed by atoms with E-state index in [1.165, 1.54) is 25.0 Å². The van der Waals surface area contributed by atoms with Gasteiger partial charge in [0.05, 0.1) is 6.04 Å². The van der Waals surface area contributed by atoms with Gasteiger partial charge >= 0.3 is 0 Å². The van der Waals surface area contributed by atoms with Gasteiger partial charge in [-0.1, -0.05) is 13.8 Å². The number of rotatable bonds is 4. The molecule has 1 aliphatic carbocycles. The lowest BCUT2D eigenvalue weighted by atomic mass is 9.91. The van der Waals surface area contributed by atoms with Crippen LogP contribution in [0.15, 0.2) is 16.5 Å². The number of likely N-dealkylation sites (tertiary alicyclic amines) is 1. The average molecular weight is 276 g/mol. The van der Waals surface area contributed by atoms with Gasteiger partial charge in [0.2, 0.25) is 0 Å². The molecule has 112 valence electrons. The topological polar surface area (TPSA) is 42.4 Å². The Morgan fingerprint density at radius 2 is 2.05 bits per heavy atom. The Morgan fingerprint density at radius 1 is 1.30 bits per heavy atom. The summed E-state index contributed by atoms with van der Waals surface area (Å²) >= 11 is 0. The zero-order chi connectivity index (χ0) is 14.3. The minimum atomic E-state index is 0.250. The van der Waals surface area contributed by atoms with Crippen molar-refractivity contribution in [3.63, 3.8) is 0 Å². The molecule has 0 spiro atoms. The van der Waals surface area contributed by atoms with Gasteiger partial charge in [0.15, 0.2) is 0 Å². The van der Waals surface area contributed by atoms with Crippen molar-refractivity contribution < 1.29 is 4.42 Å². The minimum absolute atomic E-state index is 0.250. The molecule has 5 atom stereocenters. The molecule has 0 aromatic carbocycles.